The molecule has 0 aliphatic rings. The smallest absolute Gasteiger partial charge is 0.211 e. The third kappa shape index (κ3) is 8.55. The number of hydrogen-bond donors (Lipinski definition) is 2. The van der Waals surface area contributed by atoms with Crippen molar-refractivity contribution in [1.29, 1.82) is 0 Å². The molecule has 0 saturated heterocycles. The van der Waals surface area contributed by atoms with E-state index in [1.165, 1.54) is 0 Å². The molecular weight excluding hydrogens is 208 g/mol. The van der Waals surface area contributed by atoms with Gasteiger partial charge in [0, 0.05) is 12.3 Å². The molecule has 0 spiro atoms. The van der Waals surface area contributed by atoms with Crippen molar-refractivity contribution >= 4 is 21.8 Å². The van der Waals surface area contributed by atoms with Gasteiger partial charge >= 0.3 is 0 Å². The summed E-state index contributed by atoms with van der Waals surface area (Å²) in [5.74, 6) is 1.04. The highest BCUT2D eigenvalue weighted by Gasteiger charge is 2.07. The lowest BCUT2D eigenvalue weighted by Crippen LogP contribution is -2.29. The Labute approximate surface area is 84.9 Å². The Bertz CT molecular complexity index is 189. The van der Waals surface area contributed by atoms with Gasteiger partial charge < -0.3 is 5.32 Å². The van der Waals surface area contributed by atoms with Crippen LogP contribution in [0.5, 0.6) is 0 Å². The van der Waals surface area contributed by atoms with E-state index < -0.39 is 10.0 Å². The van der Waals surface area contributed by atoms with Crippen LogP contribution in [0.4, 0.5) is 0 Å². The fourth-order valence-corrected chi connectivity index (χ4v) is 2.33. The lowest BCUT2D eigenvalue weighted by molar-refractivity contribution is 0.580. The maximum atomic E-state index is 11.2. The largest absolute Gasteiger partial charge is 0.320 e. The molecule has 6 heteroatoms. The van der Waals surface area contributed by atoms with Crippen molar-refractivity contribution in [3.63, 3.8) is 0 Å². The molecule has 0 aromatic rings. The van der Waals surface area contributed by atoms with Gasteiger partial charge in [0.15, 0.2) is 0 Å². The monoisotopic (exact) mass is 226 g/mol. The second kappa shape index (κ2) is 7.61. The zero-order chi connectivity index (χ0) is 10.2. The van der Waals surface area contributed by atoms with Crippen LogP contribution >= 0.6 is 11.8 Å². The van der Waals surface area contributed by atoms with Crippen molar-refractivity contribution in [1.82, 2.24) is 10.0 Å². The lowest BCUT2D eigenvalue weighted by atomic mass is 10.5. The van der Waals surface area contributed by atoms with Gasteiger partial charge in [-0.1, -0.05) is 0 Å². The van der Waals surface area contributed by atoms with Crippen LogP contribution in [0, 0.1) is 0 Å². The summed E-state index contributed by atoms with van der Waals surface area (Å²) in [4.78, 5) is 0. The van der Waals surface area contributed by atoms with E-state index in [4.69, 9.17) is 0 Å². The molecule has 0 amide bonds. The van der Waals surface area contributed by atoms with E-state index in [-0.39, 0.29) is 5.75 Å². The summed E-state index contributed by atoms with van der Waals surface area (Å²) in [5, 5.41) is 2.91. The molecule has 0 fully saturated rings. The SMILES string of the molecule is CNCCCS(=O)(=O)NCCSC. The highest BCUT2D eigenvalue weighted by atomic mass is 32.2. The van der Waals surface area contributed by atoms with Gasteiger partial charge in [-0.2, -0.15) is 11.8 Å². The highest BCUT2D eigenvalue weighted by molar-refractivity contribution is 7.98. The van der Waals surface area contributed by atoms with E-state index in [9.17, 15) is 8.42 Å². The number of thioether (sulfide) groups is 1. The molecular formula is C7H18N2O2S2. The first kappa shape index (κ1) is 13.2. The quantitative estimate of drug-likeness (QED) is 0.567. The number of rotatable bonds is 8. The minimum Gasteiger partial charge on any atom is -0.320 e. The normalized spacial score (nSPS) is 11.8. The molecule has 0 rings (SSSR count). The zero-order valence-electron chi connectivity index (χ0n) is 8.17. The molecule has 13 heavy (non-hydrogen) atoms. The maximum Gasteiger partial charge on any atom is 0.211 e. The molecule has 0 aliphatic heterocycles. The van der Waals surface area contributed by atoms with Crippen molar-refractivity contribution in [2.45, 2.75) is 6.42 Å². The summed E-state index contributed by atoms with van der Waals surface area (Å²) in [6, 6.07) is 0. The van der Waals surface area contributed by atoms with Crippen LogP contribution < -0.4 is 10.0 Å². The summed E-state index contributed by atoms with van der Waals surface area (Å²) in [5.41, 5.74) is 0. The standard InChI is InChI=1S/C7H18N2O2S2/c1-8-4-3-7-13(10,11)9-5-6-12-2/h8-9H,3-7H2,1-2H3. The van der Waals surface area contributed by atoms with Crippen LogP contribution in [0.2, 0.25) is 0 Å². The zero-order valence-corrected chi connectivity index (χ0v) is 9.80. The Kier molecular flexibility index (Phi) is 7.74. The van der Waals surface area contributed by atoms with E-state index in [1.54, 1.807) is 11.8 Å². The van der Waals surface area contributed by atoms with E-state index >= 15 is 0 Å². The third-order valence-electron chi connectivity index (χ3n) is 1.47. The average Bonchev–Trinajstić information content (AvgIpc) is 2.05. The van der Waals surface area contributed by atoms with Crippen LogP contribution in [0.15, 0.2) is 0 Å². The predicted octanol–water partition coefficient (Wildman–Crippen LogP) is -0.122. The second-order valence-corrected chi connectivity index (χ2v) is 5.58. The highest BCUT2D eigenvalue weighted by Crippen LogP contribution is 1.91. The van der Waals surface area contributed by atoms with E-state index in [0.29, 0.717) is 13.0 Å². The van der Waals surface area contributed by atoms with Gasteiger partial charge in [-0.3, -0.25) is 0 Å². The summed E-state index contributed by atoms with van der Waals surface area (Å²) in [6.45, 7) is 1.27. The molecule has 0 saturated carbocycles. The molecule has 0 radical (unpaired) electrons. The number of nitrogens with one attached hydrogen (secondary N) is 2. The summed E-state index contributed by atoms with van der Waals surface area (Å²) in [6.07, 6.45) is 2.61. The fraction of sp³-hybridized carbons (Fsp3) is 1.00. The van der Waals surface area contributed by atoms with Gasteiger partial charge in [0.2, 0.25) is 10.0 Å². The van der Waals surface area contributed by atoms with Crippen molar-refractivity contribution in [3.05, 3.63) is 0 Å². The molecule has 0 heterocycles. The van der Waals surface area contributed by atoms with E-state index in [1.807, 2.05) is 13.3 Å². The predicted molar refractivity (Wildman–Crippen MR) is 58.7 cm³/mol. The first-order chi connectivity index (χ1) is 6.12. The van der Waals surface area contributed by atoms with Gasteiger partial charge in [0.05, 0.1) is 5.75 Å². The van der Waals surface area contributed by atoms with Crippen LogP contribution in [0.1, 0.15) is 6.42 Å². The molecule has 0 atom stereocenters. The number of sulfonamides is 1. The Balaban J connectivity index is 3.55. The first-order valence-electron chi connectivity index (χ1n) is 4.23. The fourth-order valence-electron chi connectivity index (χ4n) is 0.810. The van der Waals surface area contributed by atoms with Crippen LogP contribution in [0.3, 0.4) is 0 Å². The third-order valence-corrected chi connectivity index (χ3v) is 3.55. The minimum absolute atomic E-state index is 0.211. The molecule has 0 aromatic heterocycles. The lowest BCUT2D eigenvalue weighted by Gasteiger charge is -2.04. The molecule has 2 N–H and O–H groups in total. The van der Waals surface area contributed by atoms with E-state index in [2.05, 4.69) is 10.0 Å². The Hall–Kier alpha value is 0.220. The Morgan fingerprint density at radius 3 is 2.54 bits per heavy atom. The Morgan fingerprint density at radius 2 is 2.00 bits per heavy atom. The molecule has 0 aromatic carbocycles. The van der Waals surface area contributed by atoms with Crippen LogP contribution in [-0.2, 0) is 10.0 Å². The molecule has 0 aliphatic carbocycles. The summed E-state index contributed by atoms with van der Waals surface area (Å²) >= 11 is 1.63. The molecule has 0 bridgehead atoms. The first-order valence-corrected chi connectivity index (χ1v) is 7.28. The molecule has 80 valence electrons. The van der Waals surface area contributed by atoms with Gasteiger partial charge in [0.25, 0.3) is 0 Å². The average molecular weight is 226 g/mol. The molecule has 0 unspecified atom stereocenters. The van der Waals surface area contributed by atoms with Crippen molar-refractivity contribution in [2.75, 3.05) is 37.9 Å². The van der Waals surface area contributed by atoms with Crippen molar-refractivity contribution in [3.8, 4) is 0 Å². The number of hydrogen-bond acceptors (Lipinski definition) is 4. The van der Waals surface area contributed by atoms with Gasteiger partial charge in [-0.05, 0) is 26.3 Å². The van der Waals surface area contributed by atoms with Gasteiger partial charge in [0.1, 0.15) is 0 Å². The summed E-state index contributed by atoms with van der Waals surface area (Å²) in [7, 11) is -1.22. The van der Waals surface area contributed by atoms with Crippen molar-refractivity contribution < 1.29 is 8.42 Å². The van der Waals surface area contributed by atoms with Crippen molar-refractivity contribution in [2.24, 2.45) is 0 Å². The minimum atomic E-state index is -3.03. The maximum absolute atomic E-state index is 11.2. The summed E-state index contributed by atoms with van der Waals surface area (Å²) < 4.78 is 25.0. The van der Waals surface area contributed by atoms with Crippen LogP contribution in [-0.4, -0.2) is 46.3 Å². The topological polar surface area (TPSA) is 58.2 Å². The van der Waals surface area contributed by atoms with Crippen LogP contribution in [0.25, 0.3) is 0 Å². The second-order valence-electron chi connectivity index (χ2n) is 2.66. The van der Waals surface area contributed by atoms with E-state index in [0.717, 1.165) is 12.3 Å². The van der Waals surface area contributed by atoms with Gasteiger partial charge in [-0.15, -0.1) is 0 Å². The van der Waals surface area contributed by atoms with Gasteiger partial charge in [-0.25, -0.2) is 13.1 Å². The molecule has 4 nitrogen and oxygen atoms in total. The Morgan fingerprint density at radius 1 is 1.31 bits per heavy atom.